The van der Waals surface area contributed by atoms with Crippen molar-refractivity contribution in [2.75, 3.05) is 25.0 Å². The maximum absolute atomic E-state index is 12.4. The lowest BCUT2D eigenvalue weighted by molar-refractivity contribution is -0.897. The number of quaternary nitrogens is 1. The Morgan fingerprint density at radius 1 is 1.18 bits per heavy atom. The number of piperidine rings is 1. The first-order valence-electron chi connectivity index (χ1n) is 9.28. The highest BCUT2D eigenvalue weighted by molar-refractivity contribution is 5.93. The van der Waals surface area contributed by atoms with Crippen LogP contribution in [0, 0.1) is 10.1 Å². The van der Waals surface area contributed by atoms with Crippen molar-refractivity contribution < 1.29 is 14.6 Å². The molecule has 2 N–H and O–H groups in total. The summed E-state index contributed by atoms with van der Waals surface area (Å²) in [4.78, 5) is 24.1. The zero-order valence-corrected chi connectivity index (χ0v) is 15.2. The van der Waals surface area contributed by atoms with Gasteiger partial charge < -0.3 is 10.2 Å². The average Bonchev–Trinajstić information content (AvgIpc) is 3.13. The Balaban J connectivity index is 1.34. The van der Waals surface area contributed by atoms with Crippen LogP contribution in [0.3, 0.4) is 0 Å². The first kappa shape index (κ1) is 18.1. The van der Waals surface area contributed by atoms with Crippen molar-refractivity contribution in [1.82, 2.24) is 15.0 Å². The molecule has 9 heteroatoms. The summed E-state index contributed by atoms with van der Waals surface area (Å²) >= 11 is 0. The maximum Gasteiger partial charge on any atom is 0.292 e. The predicted octanol–water partition coefficient (Wildman–Crippen LogP) is 1.20. The van der Waals surface area contributed by atoms with Crippen LogP contribution < -0.4 is 10.2 Å². The van der Waals surface area contributed by atoms with Crippen LogP contribution in [0.25, 0.3) is 11.0 Å². The Bertz CT molecular complexity index is 1010. The summed E-state index contributed by atoms with van der Waals surface area (Å²) in [7, 11) is 0. The van der Waals surface area contributed by atoms with Gasteiger partial charge in [0.1, 0.15) is 11.2 Å². The van der Waals surface area contributed by atoms with E-state index < -0.39 is 4.92 Å². The Labute approximate surface area is 161 Å². The minimum atomic E-state index is -0.490. The molecule has 1 aromatic heterocycles. The summed E-state index contributed by atoms with van der Waals surface area (Å²) in [6.45, 7) is 1.96. The van der Waals surface area contributed by atoms with Gasteiger partial charge in [0, 0.05) is 18.9 Å². The standard InChI is InChI=1S/C19H20N6O3/c26-19(20-15-5-1-4-8-18(15)25(27)28)13-23-11-9-14(10-12-23)24-17-7-3-2-6-16(17)21-22-24/h1-8,14H,9-13H2,(H,20,26)/p+1. The maximum atomic E-state index is 12.4. The minimum Gasteiger partial charge on any atom is -0.327 e. The third-order valence-corrected chi connectivity index (χ3v) is 5.17. The second-order valence-electron chi connectivity index (χ2n) is 7.00. The number of rotatable bonds is 5. The SMILES string of the molecule is O=C(C[NH+]1CCC(n2nnc3ccccc32)CC1)Nc1ccccc1[N+](=O)[O-]. The number of aromatic nitrogens is 3. The molecule has 1 saturated heterocycles. The van der Waals surface area contributed by atoms with Gasteiger partial charge in [-0.25, -0.2) is 4.68 Å². The molecule has 0 aliphatic carbocycles. The quantitative estimate of drug-likeness (QED) is 0.510. The van der Waals surface area contributed by atoms with Gasteiger partial charge in [-0.3, -0.25) is 14.9 Å². The van der Waals surface area contributed by atoms with E-state index in [0.29, 0.717) is 0 Å². The van der Waals surface area contributed by atoms with Crippen molar-refractivity contribution in [2.24, 2.45) is 0 Å². The first-order chi connectivity index (χ1) is 13.6. The number of hydrogen-bond acceptors (Lipinski definition) is 5. The van der Waals surface area contributed by atoms with Crippen LogP contribution in [0.2, 0.25) is 0 Å². The van der Waals surface area contributed by atoms with Crippen molar-refractivity contribution in [3.8, 4) is 0 Å². The van der Waals surface area contributed by atoms with Gasteiger partial charge in [-0.15, -0.1) is 5.10 Å². The van der Waals surface area contributed by atoms with Crippen molar-refractivity contribution >= 4 is 28.3 Å². The van der Waals surface area contributed by atoms with E-state index in [1.807, 2.05) is 28.9 Å². The van der Waals surface area contributed by atoms with Crippen molar-refractivity contribution in [3.05, 3.63) is 58.6 Å². The van der Waals surface area contributed by atoms with Gasteiger partial charge in [0.05, 0.1) is 29.6 Å². The lowest BCUT2D eigenvalue weighted by Crippen LogP contribution is -3.14. The topological polar surface area (TPSA) is 107 Å². The van der Waals surface area contributed by atoms with Crippen molar-refractivity contribution in [1.29, 1.82) is 0 Å². The molecule has 2 heterocycles. The largest absolute Gasteiger partial charge is 0.327 e. The van der Waals surface area contributed by atoms with Crippen LogP contribution >= 0.6 is 0 Å². The van der Waals surface area contributed by atoms with Gasteiger partial charge in [0.15, 0.2) is 6.54 Å². The highest BCUT2D eigenvalue weighted by Gasteiger charge is 2.27. The summed E-state index contributed by atoms with van der Waals surface area (Å²) in [6, 6.07) is 14.4. The summed E-state index contributed by atoms with van der Waals surface area (Å²) in [5, 5.41) is 22.3. The number of carbonyl (C=O) groups is 1. The molecule has 0 saturated carbocycles. The highest BCUT2D eigenvalue weighted by Crippen LogP contribution is 2.23. The summed E-state index contributed by atoms with van der Waals surface area (Å²) in [5.41, 5.74) is 2.06. The van der Waals surface area contributed by atoms with Crippen LogP contribution in [0.4, 0.5) is 11.4 Å². The number of anilines is 1. The van der Waals surface area contributed by atoms with Crippen LogP contribution in [0.1, 0.15) is 18.9 Å². The third kappa shape index (κ3) is 3.70. The molecular weight excluding hydrogens is 360 g/mol. The summed E-state index contributed by atoms with van der Waals surface area (Å²) < 4.78 is 1.99. The molecule has 0 atom stereocenters. The molecule has 0 radical (unpaired) electrons. The van der Waals surface area contributed by atoms with E-state index in [-0.39, 0.29) is 29.9 Å². The molecule has 3 aromatic rings. The number of nitro groups is 1. The molecule has 0 unspecified atom stereocenters. The fourth-order valence-electron chi connectivity index (χ4n) is 3.75. The molecule has 1 aliphatic rings. The monoisotopic (exact) mass is 381 g/mol. The van der Waals surface area contributed by atoms with E-state index in [2.05, 4.69) is 15.6 Å². The zero-order valence-electron chi connectivity index (χ0n) is 15.2. The van der Waals surface area contributed by atoms with Gasteiger partial charge in [-0.05, 0) is 18.2 Å². The molecule has 2 aromatic carbocycles. The number of nitrogens with one attached hydrogen (secondary N) is 2. The summed E-state index contributed by atoms with van der Waals surface area (Å²) in [5.74, 6) is -0.214. The van der Waals surface area contributed by atoms with Crippen LogP contribution in [0.5, 0.6) is 0 Å². The Morgan fingerprint density at radius 2 is 1.89 bits per heavy atom. The normalized spacial score (nSPS) is 19.4. The molecule has 1 amide bonds. The van der Waals surface area contributed by atoms with Crippen LogP contribution in [0.15, 0.2) is 48.5 Å². The lowest BCUT2D eigenvalue weighted by atomic mass is 10.0. The van der Waals surface area contributed by atoms with Gasteiger partial charge in [0.2, 0.25) is 0 Å². The van der Waals surface area contributed by atoms with Gasteiger partial charge in [-0.2, -0.15) is 0 Å². The second kappa shape index (κ2) is 7.73. The van der Waals surface area contributed by atoms with E-state index in [4.69, 9.17) is 0 Å². The zero-order chi connectivity index (χ0) is 19.5. The Kier molecular flexibility index (Phi) is 4.98. The number of amides is 1. The number of fused-ring (bicyclic) bond motifs is 1. The smallest absolute Gasteiger partial charge is 0.292 e. The molecule has 28 heavy (non-hydrogen) atoms. The van der Waals surface area contributed by atoms with Crippen molar-refractivity contribution in [2.45, 2.75) is 18.9 Å². The number of nitrogens with zero attached hydrogens (tertiary/aromatic N) is 4. The van der Waals surface area contributed by atoms with E-state index in [9.17, 15) is 14.9 Å². The predicted molar refractivity (Wildman–Crippen MR) is 103 cm³/mol. The number of hydrogen-bond donors (Lipinski definition) is 2. The number of likely N-dealkylation sites (tertiary alicyclic amines) is 1. The van der Waals surface area contributed by atoms with Gasteiger partial charge in [-0.1, -0.05) is 29.5 Å². The molecule has 9 nitrogen and oxygen atoms in total. The molecule has 0 bridgehead atoms. The van der Waals surface area contributed by atoms with Crippen LogP contribution in [-0.2, 0) is 4.79 Å². The molecule has 1 aliphatic heterocycles. The van der Waals surface area contributed by atoms with E-state index in [1.54, 1.807) is 18.2 Å². The minimum absolute atomic E-state index is 0.0948. The van der Waals surface area contributed by atoms with Crippen molar-refractivity contribution in [3.63, 3.8) is 0 Å². The molecule has 4 rings (SSSR count). The van der Waals surface area contributed by atoms with Gasteiger partial charge >= 0.3 is 0 Å². The number of carbonyl (C=O) groups excluding carboxylic acids is 1. The average molecular weight is 381 g/mol. The van der Waals surface area contributed by atoms with Gasteiger partial charge in [0.25, 0.3) is 11.6 Å². The number of benzene rings is 2. The molecule has 0 spiro atoms. The molecular formula is C19H21N6O3+. The fourth-order valence-corrected chi connectivity index (χ4v) is 3.75. The number of para-hydroxylation sites is 3. The van der Waals surface area contributed by atoms with E-state index in [0.717, 1.165) is 41.9 Å². The summed E-state index contributed by atoms with van der Waals surface area (Å²) in [6.07, 6.45) is 1.81. The Morgan fingerprint density at radius 3 is 2.68 bits per heavy atom. The van der Waals surface area contributed by atoms with E-state index in [1.165, 1.54) is 6.07 Å². The van der Waals surface area contributed by atoms with E-state index >= 15 is 0 Å². The highest BCUT2D eigenvalue weighted by atomic mass is 16.6. The lowest BCUT2D eigenvalue weighted by Gasteiger charge is -2.29. The molecule has 1 fully saturated rings. The Hall–Kier alpha value is -3.33. The van der Waals surface area contributed by atoms with Crippen LogP contribution in [-0.4, -0.2) is 45.5 Å². The third-order valence-electron chi connectivity index (χ3n) is 5.17. The number of nitro benzene ring substituents is 1. The fraction of sp³-hybridized carbons (Fsp3) is 0.316. The molecule has 144 valence electrons. The second-order valence-corrected chi connectivity index (χ2v) is 7.00. The first-order valence-corrected chi connectivity index (χ1v) is 9.28.